The Morgan fingerprint density at radius 3 is 1.68 bits per heavy atom. The second-order valence-corrected chi connectivity index (χ2v) is 2.84. The molecule has 0 amide bonds. The number of carbonyl (C=O) groups is 2. The normalized spacial score (nSPS) is 11.8. The van der Waals surface area contributed by atoms with Crippen molar-refractivity contribution >= 4 is 11.9 Å². The van der Waals surface area contributed by atoms with Gasteiger partial charge in [0, 0.05) is 0 Å². The Bertz CT molecular complexity index is 377. The average Bonchev–Trinajstić information content (AvgIpc) is 2.20. The topological polar surface area (TPSA) is 52.6 Å². The minimum atomic E-state index is -6.03. The van der Waals surface area contributed by atoms with Crippen LogP contribution in [0.5, 0.6) is 0 Å². The van der Waals surface area contributed by atoms with Crippen molar-refractivity contribution in [3.05, 3.63) is 11.4 Å². The number of hydrogen-bond acceptors (Lipinski definition) is 4. The number of allylic oxidation sites excluding steroid dienone is 1. The first-order valence-electron chi connectivity index (χ1n) is 4.19. The Labute approximate surface area is 100 Å². The number of rotatable bonds is 2. The summed E-state index contributed by atoms with van der Waals surface area (Å²) >= 11 is 0. The molecule has 0 fully saturated rings. The van der Waals surface area contributed by atoms with Crippen LogP contribution in [0.2, 0.25) is 0 Å². The lowest BCUT2D eigenvalue weighted by atomic mass is 10.2. The summed E-state index contributed by atoms with van der Waals surface area (Å²) in [5, 5.41) is 0. The van der Waals surface area contributed by atoms with Crippen molar-refractivity contribution in [2.24, 2.45) is 0 Å². The van der Waals surface area contributed by atoms with Gasteiger partial charge in [0.1, 0.15) is 6.61 Å². The number of esters is 2. The van der Waals surface area contributed by atoms with E-state index in [9.17, 15) is 40.3 Å². The molecule has 0 aromatic heterocycles. The monoisotopic (exact) mass is 298 g/mol. The molecule has 0 aliphatic carbocycles. The SMILES string of the molecule is COC(=O)C(=O)OCC(F)=C(C(F)(F)F)C(F)(F)F. The number of carbonyl (C=O) groups excluding carboxylic acids is 2. The van der Waals surface area contributed by atoms with Gasteiger partial charge in [0.2, 0.25) is 0 Å². The predicted octanol–water partition coefficient (Wildman–Crippen LogP) is 2.05. The summed E-state index contributed by atoms with van der Waals surface area (Å²) in [5.41, 5.74) is -3.45. The Balaban J connectivity index is 5.10. The molecule has 0 aliphatic rings. The second kappa shape index (κ2) is 5.89. The minimum absolute atomic E-state index is 0.701. The molecule has 4 nitrogen and oxygen atoms in total. The van der Waals surface area contributed by atoms with Gasteiger partial charge in [-0.2, -0.15) is 26.3 Å². The smallest absolute Gasteiger partial charge is 0.423 e. The van der Waals surface area contributed by atoms with Crippen LogP contribution in [-0.2, 0) is 19.1 Å². The van der Waals surface area contributed by atoms with Crippen molar-refractivity contribution < 1.29 is 49.8 Å². The molecule has 0 saturated carbocycles. The van der Waals surface area contributed by atoms with Gasteiger partial charge in [0.25, 0.3) is 0 Å². The molecule has 0 aromatic carbocycles. The van der Waals surface area contributed by atoms with Crippen LogP contribution in [0.1, 0.15) is 0 Å². The maximum absolute atomic E-state index is 12.8. The van der Waals surface area contributed by atoms with Crippen molar-refractivity contribution in [2.45, 2.75) is 12.4 Å². The average molecular weight is 298 g/mol. The van der Waals surface area contributed by atoms with Crippen LogP contribution in [0.4, 0.5) is 30.7 Å². The molecule has 0 radical (unpaired) electrons. The van der Waals surface area contributed by atoms with Crippen LogP contribution in [0, 0.1) is 0 Å². The molecule has 0 atom stereocenters. The van der Waals surface area contributed by atoms with Gasteiger partial charge in [-0.05, 0) is 0 Å². The molecule has 19 heavy (non-hydrogen) atoms. The highest BCUT2D eigenvalue weighted by Crippen LogP contribution is 2.40. The molecule has 0 spiro atoms. The number of methoxy groups -OCH3 is 1. The maximum Gasteiger partial charge on any atom is 0.423 e. The van der Waals surface area contributed by atoms with Crippen LogP contribution in [-0.4, -0.2) is 38.0 Å². The van der Waals surface area contributed by atoms with Gasteiger partial charge in [0.15, 0.2) is 11.4 Å². The predicted molar refractivity (Wildman–Crippen MR) is 43.2 cm³/mol. The summed E-state index contributed by atoms with van der Waals surface area (Å²) in [5.74, 6) is -6.41. The van der Waals surface area contributed by atoms with Crippen LogP contribution in [0.15, 0.2) is 11.4 Å². The van der Waals surface area contributed by atoms with E-state index in [2.05, 4.69) is 9.47 Å². The Hall–Kier alpha value is -1.81. The minimum Gasteiger partial charge on any atom is -0.461 e. The largest absolute Gasteiger partial charge is 0.461 e. The lowest BCUT2D eigenvalue weighted by Crippen LogP contribution is -2.29. The number of halogens is 7. The molecular weight excluding hydrogens is 293 g/mol. The molecule has 0 aromatic rings. The Morgan fingerprint density at radius 2 is 1.37 bits per heavy atom. The van der Waals surface area contributed by atoms with Crippen LogP contribution in [0.25, 0.3) is 0 Å². The molecule has 0 N–H and O–H groups in total. The van der Waals surface area contributed by atoms with E-state index in [1.165, 1.54) is 0 Å². The van der Waals surface area contributed by atoms with Crippen LogP contribution < -0.4 is 0 Å². The number of ether oxygens (including phenoxy) is 2. The zero-order valence-electron chi connectivity index (χ0n) is 8.99. The molecular formula is C8H5F7O4. The van der Waals surface area contributed by atoms with Crippen LogP contribution >= 0.6 is 0 Å². The highest BCUT2D eigenvalue weighted by atomic mass is 19.4. The van der Waals surface area contributed by atoms with E-state index < -0.39 is 42.3 Å². The molecule has 0 heterocycles. The van der Waals surface area contributed by atoms with Crippen molar-refractivity contribution in [3.63, 3.8) is 0 Å². The molecule has 0 unspecified atom stereocenters. The summed E-state index contributed by atoms with van der Waals surface area (Å²) in [6, 6.07) is 0. The lowest BCUT2D eigenvalue weighted by Gasteiger charge is -2.15. The maximum atomic E-state index is 12.8. The zero-order valence-corrected chi connectivity index (χ0v) is 8.99. The highest BCUT2D eigenvalue weighted by Gasteiger charge is 2.53. The molecule has 0 aliphatic heterocycles. The Morgan fingerprint density at radius 1 is 0.947 bits per heavy atom. The van der Waals surface area contributed by atoms with E-state index in [1.807, 2.05) is 0 Å². The number of alkyl halides is 6. The van der Waals surface area contributed by atoms with E-state index in [-0.39, 0.29) is 0 Å². The van der Waals surface area contributed by atoms with Crippen molar-refractivity contribution in [1.82, 2.24) is 0 Å². The number of hydrogen-bond donors (Lipinski definition) is 0. The van der Waals surface area contributed by atoms with Crippen LogP contribution in [0.3, 0.4) is 0 Å². The van der Waals surface area contributed by atoms with Gasteiger partial charge < -0.3 is 9.47 Å². The van der Waals surface area contributed by atoms with Gasteiger partial charge in [-0.1, -0.05) is 0 Å². The lowest BCUT2D eigenvalue weighted by molar-refractivity contribution is -0.176. The van der Waals surface area contributed by atoms with E-state index in [0.717, 1.165) is 0 Å². The van der Waals surface area contributed by atoms with Crippen molar-refractivity contribution in [3.8, 4) is 0 Å². The van der Waals surface area contributed by atoms with E-state index >= 15 is 0 Å². The van der Waals surface area contributed by atoms with Gasteiger partial charge in [0.05, 0.1) is 7.11 Å². The van der Waals surface area contributed by atoms with Gasteiger partial charge in [-0.25, -0.2) is 14.0 Å². The molecule has 11 heteroatoms. The van der Waals surface area contributed by atoms with E-state index in [1.54, 1.807) is 0 Å². The molecule has 0 rings (SSSR count). The summed E-state index contributed by atoms with van der Waals surface area (Å²) in [7, 11) is 0.701. The van der Waals surface area contributed by atoms with Crippen molar-refractivity contribution in [1.29, 1.82) is 0 Å². The summed E-state index contributed by atoms with van der Waals surface area (Å²) in [4.78, 5) is 21.0. The fraction of sp³-hybridized carbons (Fsp3) is 0.500. The van der Waals surface area contributed by atoms with Gasteiger partial charge in [-0.3, -0.25) is 0 Å². The van der Waals surface area contributed by atoms with E-state index in [4.69, 9.17) is 0 Å². The quantitative estimate of drug-likeness (QED) is 0.445. The van der Waals surface area contributed by atoms with E-state index in [0.29, 0.717) is 7.11 Å². The first kappa shape index (κ1) is 17.2. The molecule has 0 bridgehead atoms. The third kappa shape index (κ3) is 5.14. The highest BCUT2D eigenvalue weighted by molar-refractivity contribution is 6.29. The first-order chi connectivity index (χ1) is 8.41. The third-order valence-corrected chi connectivity index (χ3v) is 1.52. The van der Waals surface area contributed by atoms with Gasteiger partial charge in [-0.15, -0.1) is 0 Å². The first-order valence-corrected chi connectivity index (χ1v) is 4.19. The Kier molecular flexibility index (Phi) is 5.33. The fourth-order valence-corrected chi connectivity index (χ4v) is 0.812. The van der Waals surface area contributed by atoms with Gasteiger partial charge >= 0.3 is 24.3 Å². The molecule has 0 saturated heterocycles. The third-order valence-electron chi connectivity index (χ3n) is 1.52. The second-order valence-electron chi connectivity index (χ2n) is 2.84. The zero-order chi connectivity index (χ0) is 15.4. The summed E-state index contributed by atoms with van der Waals surface area (Å²) < 4.78 is 91.9. The summed E-state index contributed by atoms with van der Waals surface area (Å²) in [6.07, 6.45) is -12.1. The van der Waals surface area contributed by atoms with Crippen molar-refractivity contribution in [2.75, 3.05) is 13.7 Å². The fourth-order valence-electron chi connectivity index (χ4n) is 0.812. The molecule has 110 valence electrons. The standard InChI is InChI=1S/C8H5F7O4/c1-18-5(16)6(17)19-2-3(9)4(7(10,11)12)8(13,14)15/h2H2,1H3. The summed E-state index contributed by atoms with van der Waals surface area (Å²) in [6.45, 7) is -2.00.